The number of ether oxygens (including phenoxy) is 1. The van der Waals surface area contributed by atoms with Crippen LogP contribution in [0.25, 0.3) is 5.57 Å². The monoisotopic (exact) mass is 436 g/mol. The number of hydrogen-bond donors (Lipinski definition) is 0. The van der Waals surface area contributed by atoms with Crippen molar-refractivity contribution in [2.24, 2.45) is 5.92 Å². The van der Waals surface area contributed by atoms with Crippen molar-refractivity contribution in [1.29, 1.82) is 0 Å². The van der Waals surface area contributed by atoms with Gasteiger partial charge in [0, 0.05) is 6.20 Å². The number of aromatic nitrogens is 2. The van der Waals surface area contributed by atoms with E-state index >= 15 is 0 Å². The normalized spacial score (nSPS) is 12.2. The summed E-state index contributed by atoms with van der Waals surface area (Å²) in [6, 6.07) is 31.2. The highest BCUT2D eigenvalue weighted by molar-refractivity contribution is 5.86. The molecule has 4 rings (SSSR count). The van der Waals surface area contributed by atoms with Crippen LogP contribution in [0.5, 0.6) is 0 Å². The molecule has 4 heteroatoms. The van der Waals surface area contributed by atoms with Gasteiger partial charge in [-0.15, -0.1) is 0 Å². The first-order chi connectivity index (χ1) is 16.1. The Morgan fingerprint density at radius 1 is 0.909 bits per heavy atom. The maximum Gasteiger partial charge on any atom is 0.313 e. The highest BCUT2D eigenvalue weighted by atomic mass is 16.5. The fraction of sp³-hybridized carbons (Fsp3) is 0.172. The van der Waals surface area contributed by atoms with Gasteiger partial charge in [0.15, 0.2) is 0 Å². The standard InChI is InChI=1S/C29H28N2O2/c1-4-33-28(32)23(3)22(2)27-20-31(21-30-27)29(24-14-8-5-9-15-24,25-16-10-6-11-17-25)26-18-12-7-13-19-26/h5-21,23H,2,4H2,1,3H3. The predicted octanol–water partition coefficient (Wildman–Crippen LogP) is 5.94. The van der Waals surface area contributed by atoms with E-state index in [0.717, 1.165) is 16.7 Å². The largest absolute Gasteiger partial charge is 0.466 e. The lowest BCUT2D eigenvalue weighted by Crippen LogP contribution is -2.36. The molecule has 1 unspecified atom stereocenters. The summed E-state index contributed by atoms with van der Waals surface area (Å²) in [7, 11) is 0. The molecule has 0 N–H and O–H groups in total. The molecule has 0 radical (unpaired) electrons. The van der Waals surface area contributed by atoms with Crippen molar-refractivity contribution < 1.29 is 9.53 Å². The number of benzene rings is 3. The molecule has 4 aromatic rings. The van der Waals surface area contributed by atoms with Crippen molar-refractivity contribution in [2.75, 3.05) is 6.61 Å². The number of imidazole rings is 1. The SMILES string of the molecule is C=C(c1cn(C(c2ccccc2)(c2ccccc2)c2ccccc2)cn1)C(C)C(=O)OCC. The van der Waals surface area contributed by atoms with E-state index in [-0.39, 0.29) is 5.97 Å². The summed E-state index contributed by atoms with van der Waals surface area (Å²) in [6.07, 6.45) is 3.80. The van der Waals surface area contributed by atoms with E-state index in [2.05, 4.69) is 88.9 Å². The third kappa shape index (κ3) is 4.12. The first kappa shape index (κ1) is 22.3. The van der Waals surface area contributed by atoms with Crippen LogP contribution in [-0.4, -0.2) is 22.1 Å². The molecule has 0 fully saturated rings. The van der Waals surface area contributed by atoms with Gasteiger partial charge in [-0.2, -0.15) is 0 Å². The summed E-state index contributed by atoms with van der Waals surface area (Å²) in [4.78, 5) is 17.0. The molecule has 1 heterocycles. The topological polar surface area (TPSA) is 44.1 Å². The predicted molar refractivity (Wildman–Crippen MR) is 132 cm³/mol. The van der Waals surface area contributed by atoms with E-state index in [0.29, 0.717) is 17.9 Å². The third-order valence-corrected chi connectivity index (χ3v) is 6.04. The maximum absolute atomic E-state index is 12.3. The van der Waals surface area contributed by atoms with Gasteiger partial charge in [-0.3, -0.25) is 4.79 Å². The Hall–Kier alpha value is -3.92. The average Bonchev–Trinajstić information content (AvgIpc) is 3.36. The zero-order valence-corrected chi connectivity index (χ0v) is 19.0. The highest BCUT2D eigenvalue weighted by Gasteiger charge is 2.38. The van der Waals surface area contributed by atoms with E-state index in [1.165, 1.54) is 0 Å². The molecule has 0 bridgehead atoms. The van der Waals surface area contributed by atoms with Crippen molar-refractivity contribution in [3.8, 4) is 0 Å². The molecule has 1 atom stereocenters. The van der Waals surface area contributed by atoms with Crippen LogP contribution in [0.2, 0.25) is 0 Å². The Morgan fingerprint density at radius 2 is 1.36 bits per heavy atom. The van der Waals surface area contributed by atoms with E-state index < -0.39 is 11.5 Å². The van der Waals surface area contributed by atoms with Crippen molar-refractivity contribution in [3.63, 3.8) is 0 Å². The van der Waals surface area contributed by atoms with E-state index in [1.807, 2.05) is 30.7 Å². The summed E-state index contributed by atoms with van der Waals surface area (Å²) in [5, 5.41) is 0. The number of rotatable bonds is 8. The number of hydrogen-bond acceptors (Lipinski definition) is 3. The number of nitrogens with zero attached hydrogens (tertiary/aromatic N) is 2. The lowest BCUT2D eigenvalue weighted by Gasteiger charge is -2.37. The van der Waals surface area contributed by atoms with E-state index in [9.17, 15) is 4.79 Å². The van der Waals surface area contributed by atoms with Crippen LogP contribution in [-0.2, 0) is 15.1 Å². The molecule has 1 aromatic heterocycles. The molecule has 0 saturated heterocycles. The van der Waals surface area contributed by atoms with Gasteiger partial charge in [-0.1, -0.05) is 97.6 Å². The minimum Gasteiger partial charge on any atom is -0.466 e. The van der Waals surface area contributed by atoms with Crippen LogP contribution < -0.4 is 0 Å². The summed E-state index contributed by atoms with van der Waals surface area (Å²) in [5.74, 6) is -0.773. The average molecular weight is 437 g/mol. The summed E-state index contributed by atoms with van der Waals surface area (Å²) < 4.78 is 7.31. The smallest absolute Gasteiger partial charge is 0.313 e. The second-order valence-electron chi connectivity index (χ2n) is 7.97. The fourth-order valence-electron chi connectivity index (χ4n) is 4.29. The molecule has 3 aromatic carbocycles. The first-order valence-corrected chi connectivity index (χ1v) is 11.2. The van der Waals surface area contributed by atoms with Gasteiger partial charge < -0.3 is 9.30 Å². The van der Waals surface area contributed by atoms with Crippen LogP contribution >= 0.6 is 0 Å². The third-order valence-electron chi connectivity index (χ3n) is 6.04. The molecular weight excluding hydrogens is 408 g/mol. The van der Waals surface area contributed by atoms with Crippen LogP contribution in [0.1, 0.15) is 36.2 Å². The zero-order valence-electron chi connectivity index (χ0n) is 19.0. The molecule has 0 aliphatic carbocycles. The number of esters is 1. The van der Waals surface area contributed by atoms with Gasteiger partial charge >= 0.3 is 5.97 Å². The molecule has 0 aliphatic heterocycles. The zero-order chi connectivity index (χ0) is 23.3. The van der Waals surface area contributed by atoms with Gasteiger partial charge in [0.2, 0.25) is 0 Å². The van der Waals surface area contributed by atoms with Crippen molar-refractivity contribution in [2.45, 2.75) is 19.4 Å². The van der Waals surface area contributed by atoms with Crippen LogP contribution in [0.3, 0.4) is 0 Å². The minimum absolute atomic E-state index is 0.294. The van der Waals surface area contributed by atoms with E-state index in [4.69, 9.17) is 4.74 Å². The molecule has 33 heavy (non-hydrogen) atoms. The second kappa shape index (κ2) is 9.70. The molecule has 0 amide bonds. The van der Waals surface area contributed by atoms with Crippen LogP contribution in [0.15, 0.2) is 110 Å². The summed E-state index contributed by atoms with van der Waals surface area (Å²) >= 11 is 0. The Balaban J connectivity index is 1.92. The lowest BCUT2D eigenvalue weighted by atomic mass is 9.76. The second-order valence-corrected chi connectivity index (χ2v) is 7.97. The Labute approximate surface area is 195 Å². The van der Waals surface area contributed by atoms with E-state index in [1.54, 1.807) is 13.8 Å². The van der Waals surface area contributed by atoms with Crippen molar-refractivity contribution in [3.05, 3.63) is 132 Å². The van der Waals surface area contributed by atoms with Gasteiger partial charge in [-0.05, 0) is 36.1 Å². The van der Waals surface area contributed by atoms with Gasteiger partial charge in [0.05, 0.1) is 24.5 Å². The van der Waals surface area contributed by atoms with Gasteiger partial charge in [0.1, 0.15) is 5.54 Å². The summed E-state index contributed by atoms with van der Waals surface area (Å²) in [5.41, 5.74) is 3.97. The van der Waals surface area contributed by atoms with Crippen LogP contribution in [0, 0.1) is 5.92 Å². The fourth-order valence-corrected chi connectivity index (χ4v) is 4.29. The highest BCUT2D eigenvalue weighted by Crippen LogP contribution is 2.41. The molecule has 4 nitrogen and oxygen atoms in total. The Morgan fingerprint density at radius 3 is 1.79 bits per heavy atom. The van der Waals surface area contributed by atoms with Crippen molar-refractivity contribution in [1.82, 2.24) is 9.55 Å². The molecular formula is C29H28N2O2. The number of carbonyl (C=O) groups excluding carboxylic acids is 1. The van der Waals surface area contributed by atoms with Gasteiger partial charge in [0.25, 0.3) is 0 Å². The molecule has 0 aliphatic rings. The summed E-state index contributed by atoms with van der Waals surface area (Å²) in [6.45, 7) is 8.11. The van der Waals surface area contributed by atoms with Gasteiger partial charge in [-0.25, -0.2) is 4.98 Å². The molecule has 0 saturated carbocycles. The van der Waals surface area contributed by atoms with Crippen LogP contribution in [0.4, 0.5) is 0 Å². The molecule has 166 valence electrons. The Bertz CT molecular complexity index is 1120. The quantitative estimate of drug-likeness (QED) is 0.254. The van der Waals surface area contributed by atoms with Crippen molar-refractivity contribution >= 4 is 11.5 Å². The maximum atomic E-state index is 12.3. The number of carbonyl (C=O) groups is 1. The molecule has 0 spiro atoms. The minimum atomic E-state index is -0.650. The first-order valence-electron chi connectivity index (χ1n) is 11.2. The lowest BCUT2D eigenvalue weighted by molar-refractivity contribution is -0.145. The Kier molecular flexibility index (Phi) is 6.55.